The van der Waals surface area contributed by atoms with E-state index in [1.807, 2.05) is 41.3 Å². The predicted octanol–water partition coefficient (Wildman–Crippen LogP) is 5.23. The smallest absolute Gasteiger partial charge is 0.255 e. The fourth-order valence-corrected chi connectivity index (χ4v) is 5.18. The second-order valence-electron chi connectivity index (χ2n) is 10.4. The van der Waals surface area contributed by atoms with Gasteiger partial charge in [0.25, 0.3) is 5.91 Å². The van der Waals surface area contributed by atoms with E-state index in [9.17, 15) is 14.7 Å². The summed E-state index contributed by atoms with van der Waals surface area (Å²) in [6.45, 7) is 5.45. The van der Waals surface area contributed by atoms with Gasteiger partial charge in [0.2, 0.25) is 5.91 Å². The van der Waals surface area contributed by atoms with Gasteiger partial charge >= 0.3 is 0 Å². The molecule has 8 bridgehead atoms. The SMILES string of the molecule is COc1cc2c3cc1Oc1ccc(O)c(c1)C(=O)NCCCOc1cccc(c1)C2N(C(=O)CC(C)C)CC3. The number of phenolic OH excluding ortho intramolecular Hbond substituents is 1. The zero-order valence-electron chi connectivity index (χ0n) is 22.5. The van der Waals surface area contributed by atoms with Gasteiger partial charge in [-0.05, 0) is 77.9 Å². The van der Waals surface area contributed by atoms with Crippen LogP contribution in [0.5, 0.6) is 28.7 Å². The van der Waals surface area contributed by atoms with Crippen LogP contribution in [0.1, 0.15) is 59.8 Å². The van der Waals surface area contributed by atoms with Crippen LogP contribution >= 0.6 is 0 Å². The van der Waals surface area contributed by atoms with Crippen LogP contribution in [-0.4, -0.2) is 48.6 Å². The number of methoxy groups -OCH3 is 1. The van der Waals surface area contributed by atoms with Crippen LogP contribution in [0.15, 0.2) is 54.6 Å². The molecule has 3 aromatic rings. The zero-order valence-corrected chi connectivity index (χ0v) is 22.5. The van der Waals surface area contributed by atoms with E-state index in [1.54, 1.807) is 13.2 Å². The van der Waals surface area contributed by atoms with Gasteiger partial charge in [-0.15, -0.1) is 0 Å². The minimum atomic E-state index is -0.396. The molecule has 0 aliphatic carbocycles. The summed E-state index contributed by atoms with van der Waals surface area (Å²) >= 11 is 0. The molecule has 0 aromatic heterocycles. The van der Waals surface area contributed by atoms with Crippen molar-refractivity contribution in [2.75, 3.05) is 26.8 Å². The van der Waals surface area contributed by atoms with Gasteiger partial charge in [0.15, 0.2) is 11.5 Å². The number of rotatable bonds is 3. The van der Waals surface area contributed by atoms with Crippen molar-refractivity contribution in [3.05, 3.63) is 76.9 Å². The Balaban J connectivity index is 1.64. The van der Waals surface area contributed by atoms with Crippen molar-refractivity contribution >= 4 is 11.8 Å². The number of nitrogens with one attached hydrogen (secondary N) is 1. The van der Waals surface area contributed by atoms with E-state index >= 15 is 0 Å². The number of amides is 2. The third kappa shape index (κ3) is 5.65. The number of nitrogens with zero attached hydrogens (tertiary/aromatic N) is 1. The summed E-state index contributed by atoms with van der Waals surface area (Å²) in [5.41, 5.74) is 3.11. The summed E-state index contributed by atoms with van der Waals surface area (Å²) in [5.74, 6) is 1.92. The monoisotopic (exact) mass is 530 g/mol. The number of aromatic hydroxyl groups is 1. The molecule has 204 valence electrons. The molecule has 0 spiro atoms. The summed E-state index contributed by atoms with van der Waals surface area (Å²) in [6, 6.07) is 16.0. The molecule has 3 aliphatic rings. The minimum Gasteiger partial charge on any atom is -0.507 e. The Morgan fingerprint density at radius 2 is 2.00 bits per heavy atom. The lowest BCUT2D eigenvalue weighted by Gasteiger charge is -2.38. The number of ether oxygens (including phenoxy) is 3. The third-order valence-corrected chi connectivity index (χ3v) is 7.05. The van der Waals surface area contributed by atoms with Gasteiger partial charge in [0.1, 0.15) is 17.2 Å². The van der Waals surface area contributed by atoms with Crippen molar-refractivity contribution in [3.8, 4) is 28.7 Å². The number of carbonyl (C=O) groups is 2. The fraction of sp³-hybridized carbons (Fsp3) is 0.355. The molecular weight excluding hydrogens is 496 g/mol. The maximum absolute atomic E-state index is 13.4. The molecule has 8 nitrogen and oxygen atoms in total. The molecule has 1 unspecified atom stereocenters. The van der Waals surface area contributed by atoms with E-state index in [4.69, 9.17) is 14.2 Å². The maximum Gasteiger partial charge on any atom is 0.255 e. The molecular formula is C31H34N2O6. The van der Waals surface area contributed by atoms with E-state index in [-0.39, 0.29) is 29.2 Å². The second-order valence-corrected chi connectivity index (χ2v) is 10.4. The lowest BCUT2D eigenvalue weighted by Crippen LogP contribution is -2.41. The van der Waals surface area contributed by atoms with Gasteiger partial charge < -0.3 is 29.5 Å². The standard InChI is InChI=1S/C31H34N2O6/c1-19(2)14-29(35)33-12-10-20-16-28-27(37-3)18-24(20)30(33)21-6-4-7-22(15-21)38-13-5-11-32-31(36)25-17-23(39-28)8-9-26(25)34/h4,6-9,15-19,30,34H,5,10-14H2,1-3H3,(H,32,36). The highest BCUT2D eigenvalue weighted by atomic mass is 16.5. The average Bonchev–Trinajstić information content (AvgIpc) is 2.92. The van der Waals surface area contributed by atoms with Crippen molar-refractivity contribution in [2.45, 2.75) is 39.2 Å². The maximum atomic E-state index is 13.4. The number of hydrogen-bond acceptors (Lipinski definition) is 6. The average molecular weight is 531 g/mol. The van der Waals surface area contributed by atoms with Crippen molar-refractivity contribution in [1.29, 1.82) is 0 Å². The Labute approximate surface area is 228 Å². The minimum absolute atomic E-state index is 0.112. The van der Waals surface area contributed by atoms with Gasteiger partial charge in [0.05, 0.1) is 25.3 Å². The molecule has 6 rings (SSSR count). The molecule has 0 saturated carbocycles. The Bertz CT molecular complexity index is 1390. The van der Waals surface area contributed by atoms with E-state index in [0.29, 0.717) is 62.0 Å². The molecule has 2 N–H and O–H groups in total. The second kappa shape index (κ2) is 11.3. The van der Waals surface area contributed by atoms with Crippen molar-refractivity contribution < 1.29 is 28.9 Å². The Morgan fingerprint density at radius 1 is 1.15 bits per heavy atom. The highest BCUT2D eigenvalue weighted by Crippen LogP contribution is 2.43. The molecule has 3 aliphatic heterocycles. The molecule has 1 atom stereocenters. The Morgan fingerprint density at radius 3 is 2.79 bits per heavy atom. The molecule has 0 saturated heterocycles. The lowest BCUT2D eigenvalue weighted by molar-refractivity contribution is -0.134. The first-order valence-electron chi connectivity index (χ1n) is 13.4. The van der Waals surface area contributed by atoms with Gasteiger partial charge in [-0.3, -0.25) is 9.59 Å². The van der Waals surface area contributed by atoms with Crippen molar-refractivity contribution in [2.24, 2.45) is 5.92 Å². The van der Waals surface area contributed by atoms with Crippen LogP contribution < -0.4 is 19.5 Å². The molecule has 0 fully saturated rings. The zero-order chi connectivity index (χ0) is 27.5. The summed E-state index contributed by atoms with van der Waals surface area (Å²) in [7, 11) is 1.57. The first-order valence-corrected chi connectivity index (χ1v) is 13.4. The van der Waals surface area contributed by atoms with Crippen LogP contribution in [0.4, 0.5) is 0 Å². The Hall–Kier alpha value is -4.20. The van der Waals surface area contributed by atoms with Crippen molar-refractivity contribution in [3.63, 3.8) is 0 Å². The summed E-state index contributed by atoms with van der Waals surface area (Å²) in [4.78, 5) is 28.1. The van der Waals surface area contributed by atoms with Gasteiger partial charge in [0, 0.05) is 19.5 Å². The topological polar surface area (TPSA) is 97.3 Å². The van der Waals surface area contributed by atoms with Crippen LogP contribution in [0.3, 0.4) is 0 Å². The van der Waals surface area contributed by atoms with E-state index in [2.05, 4.69) is 19.2 Å². The van der Waals surface area contributed by atoms with E-state index in [1.165, 1.54) is 12.1 Å². The van der Waals surface area contributed by atoms with Gasteiger partial charge in [-0.2, -0.15) is 0 Å². The number of phenols is 1. The van der Waals surface area contributed by atoms with Crippen molar-refractivity contribution in [1.82, 2.24) is 10.2 Å². The molecule has 39 heavy (non-hydrogen) atoms. The normalized spacial score (nSPS) is 17.0. The number of carbonyl (C=O) groups excluding carboxylic acids is 2. The number of benzene rings is 3. The number of hydrogen-bond donors (Lipinski definition) is 2. The third-order valence-electron chi connectivity index (χ3n) is 7.05. The molecule has 0 radical (unpaired) electrons. The fourth-order valence-electron chi connectivity index (χ4n) is 5.18. The van der Waals surface area contributed by atoms with Crippen LogP contribution in [0, 0.1) is 5.92 Å². The number of fused-ring (bicyclic) bond motifs is 6. The van der Waals surface area contributed by atoms with E-state index < -0.39 is 5.91 Å². The summed E-state index contributed by atoms with van der Waals surface area (Å²) < 4.78 is 18.0. The van der Waals surface area contributed by atoms with Crippen LogP contribution in [-0.2, 0) is 11.2 Å². The first-order chi connectivity index (χ1) is 18.8. The molecule has 2 amide bonds. The van der Waals surface area contributed by atoms with E-state index in [0.717, 1.165) is 16.7 Å². The summed E-state index contributed by atoms with van der Waals surface area (Å²) in [5, 5.41) is 13.1. The molecule has 3 heterocycles. The highest BCUT2D eigenvalue weighted by molar-refractivity contribution is 5.97. The quantitative estimate of drug-likeness (QED) is 0.482. The summed E-state index contributed by atoms with van der Waals surface area (Å²) in [6.07, 6.45) is 1.71. The lowest BCUT2D eigenvalue weighted by atomic mass is 9.87. The van der Waals surface area contributed by atoms with Crippen LogP contribution in [0.2, 0.25) is 0 Å². The Kier molecular flexibility index (Phi) is 7.63. The molecule has 3 aromatic carbocycles. The van der Waals surface area contributed by atoms with Crippen LogP contribution in [0.25, 0.3) is 0 Å². The largest absolute Gasteiger partial charge is 0.507 e. The highest BCUT2D eigenvalue weighted by Gasteiger charge is 2.34. The predicted molar refractivity (Wildman–Crippen MR) is 147 cm³/mol. The molecule has 8 heteroatoms. The first kappa shape index (κ1) is 26.4. The van der Waals surface area contributed by atoms with Gasteiger partial charge in [-0.1, -0.05) is 26.0 Å². The van der Waals surface area contributed by atoms with Gasteiger partial charge in [-0.25, -0.2) is 0 Å².